The number of hydrogen-bond acceptors (Lipinski definition) is 3. The van der Waals surface area contributed by atoms with E-state index < -0.39 is 0 Å². The first-order valence-corrected chi connectivity index (χ1v) is 8.30. The number of rotatable bonds is 1. The van der Waals surface area contributed by atoms with Crippen LogP contribution in [-0.4, -0.2) is 28.9 Å². The second-order valence-electron chi connectivity index (χ2n) is 5.86. The van der Waals surface area contributed by atoms with Crippen LogP contribution >= 0.6 is 11.3 Å². The molecule has 0 spiro atoms. The summed E-state index contributed by atoms with van der Waals surface area (Å²) in [5.41, 5.74) is 1.84. The molecule has 0 radical (unpaired) electrons. The Bertz CT molecular complexity index is 948. The van der Waals surface area contributed by atoms with Gasteiger partial charge in [-0.1, -0.05) is 11.6 Å². The van der Waals surface area contributed by atoms with Gasteiger partial charge >= 0.3 is 0 Å². The zero-order valence-corrected chi connectivity index (χ0v) is 13.1. The van der Waals surface area contributed by atoms with Gasteiger partial charge in [-0.15, -0.1) is 11.3 Å². The number of aromatic nitrogens is 1. The molecule has 3 aromatic rings. The molecule has 0 unspecified atom stereocenters. The average Bonchev–Trinajstić information content (AvgIpc) is 3.17. The number of amides is 1. The molecule has 1 aromatic carbocycles. The molecule has 3 heterocycles. The number of H-pyrrole nitrogens is 1. The lowest BCUT2D eigenvalue weighted by Crippen LogP contribution is -2.26. The molecule has 1 amide bonds. The molecule has 1 aliphatic rings. The van der Waals surface area contributed by atoms with Crippen molar-refractivity contribution in [1.82, 2.24) is 9.88 Å². The van der Waals surface area contributed by atoms with E-state index in [9.17, 15) is 9.59 Å². The highest BCUT2D eigenvalue weighted by Gasteiger charge is 2.22. The fourth-order valence-electron chi connectivity index (χ4n) is 3.09. The molecule has 5 heteroatoms. The molecule has 1 N–H and O–H groups in total. The van der Waals surface area contributed by atoms with E-state index in [0.717, 1.165) is 47.1 Å². The summed E-state index contributed by atoms with van der Waals surface area (Å²) in [5.74, 6) is 0.0545. The van der Waals surface area contributed by atoms with E-state index in [1.54, 1.807) is 6.07 Å². The Balaban J connectivity index is 1.94. The van der Waals surface area contributed by atoms with Crippen LogP contribution in [0.1, 0.15) is 28.1 Å². The number of thiophene rings is 1. The van der Waals surface area contributed by atoms with Gasteiger partial charge in [-0.2, -0.15) is 0 Å². The summed E-state index contributed by atoms with van der Waals surface area (Å²) in [6.45, 7) is 3.67. The minimum atomic E-state index is -0.122. The van der Waals surface area contributed by atoms with Crippen LogP contribution in [0.5, 0.6) is 0 Å². The number of aryl methyl sites for hydroxylation is 1. The zero-order chi connectivity index (χ0) is 15.3. The molecule has 0 atom stereocenters. The number of benzene rings is 1. The highest BCUT2D eigenvalue weighted by Crippen LogP contribution is 2.31. The minimum Gasteiger partial charge on any atom is -0.338 e. The van der Waals surface area contributed by atoms with Gasteiger partial charge in [0.05, 0.1) is 10.3 Å². The van der Waals surface area contributed by atoms with Gasteiger partial charge in [0.15, 0.2) is 0 Å². The Morgan fingerprint density at radius 3 is 2.73 bits per heavy atom. The molecule has 0 saturated carbocycles. The van der Waals surface area contributed by atoms with Gasteiger partial charge in [0.25, 0.3) is 11.5 Å². The molecule has 4 nitrogen and oxygen atoms in total. The number of nitrogens with zero attached hydrogens (tertiary/aromatic N) is 1. The summed E-state index contributed by atoms with van der Waals surface area (Å²) in [4.78, 5) is 30.3. The predicted octanol–water partition coefficient (Wildman–Crippen LogP) is 3.29. The predicted molar refractivity (Wildman–Crippen MR) is 89.8 cm³/mol. The van der Waals surface area contributed by atoms with Crippen LogP contribution in [0.2, 0.25) is 0 Å². The first-order valence-electron chi connectivity index (χ1n) is 7.49. The van der Waals surface area contributed by atoms with Crippen LogP contribution in [0.25, 0.3) is 21.0 Å². The van der Waals surface area contributed by atoms with E-state index in [1.165, 1.54) is 11.3 Å². The van der Waals surface area contributed by atoms with Gasteiger partial charge in [0.2, 0.25) is 0 Å². The monoisotopic (exact) mass is 312 g/mol. The smallest absolute Gasteiger partial charge is 0.263 e. The van der Waals surface area contributed by atoms with Crippen molar-refractivity contribution in [3.63, 3.8) is 0 Å². The Kier molecular flexibility index (Phi) is 3.04. The number of likely N-dealkylation sites (tertiary alicyclic amines) is 1. The largest absolute Gasteiger partial charge is 0.338 e. The topological polar surface area (TPSA) is 53.2 Å². The SMILES string of the molecule is Cc1ccc2[nH]c(=O)c3cc(C(=O)N4CCCC4)sc3c2c1. The van der Waals surface area contributed by atoms with E-state index in [-0.39, 0.29) is 11.5 Å². The molecule has 1 aliphatic heterocycles. The molecule has 0 bridgehead atoms. The summed E-state index contributed by atoms with van der Waals surface area (Å²) >= 11 is 1.43. The van der Waals surface area contributed by atoms with Crippen molar-refractivity contribution in [2.45, 2.75) is 19.8 Å². The van der Waals surface area contributed by atoms with Gasteiger partial charge in [-0.25, -0.2) is 0 Å². The molecule has 112 valence electrons. The quantitative estimate of drug-likeness (QED) is 0.749. The fraction of sp³-hybridized carbons (Fsp3) is 0.294. The van der Waals surface area contributed by atoms with E-state index in [0.29, 0.717) is 10.3 Å². The lowest BCUT2D eigenvalue weighted by atomic mass is 10.1. The summed E-state index contributed by atoms with van der Waals surface area (Å²) in [5, 5.41) is 1.63. The van der Waals surface area contributed by atoms with Gasteiger partial charge in [0, 0.05) is 28.7 Å². The Hall–Kier alpha value is -2.14. The van der Waals surface area contributed by atoms with E-state index >= 15 is 0 Å². The van der Waals surface area contributed by atoms with Crippen LogP contribution in [0, 0.1) is 6.92 Å². The van der Waals surface area contributed by atoms with Crippen molar-refractivity contribution in [2.24, 2.45) is 0 Å². The number of fused-ring (bicyclic) bond motifs is 3. The van der Waals surface area contributed by atoms with Gasteiger partial charge in [-0.3, -0.25) is 9.59 Å². The standard InChI is InChI=1S/C17H16N2O2S/c1-10-4-5-13-11(8-10)15-12(16(20)18-13)9-14(22-15)17(21)19-6-2-3-7-19/h4-5,8-9H,2-3,6-7H2,1H3,(H,18,20). The Labute approximate surface area is 131 Å². The second kappa shape index (κ2) is 4.95. The molecule has 2 aromatic heterocycles. The third kappa shape index (κ3) is 2.04. The first kappa shape index (κ1) is 13.5. The summed E-state index contributed by atoms with van der Waals surface area (Å²) in [6, 6.07) is 7.72. The molecule has 22 heavy (non-hydrogen) atoms. The fourth-order valence-corrected chi connectivity index (χ4v) is 4.24. The number of carbonyl (C=O) groups is 1. The zero-order valence-electron chi connectivity index (χ0n) is 12.3. The summed E-state index contributed by atoms with van der Waals surface area (Å²) in [6.07, 6.45) is 2.14. The second-order valence-corrected chi connectivity index (χ2v) is 6.91. The lowest BCUT2D eigenvalue weighted by Gasteiger charge is -2.13. The number of carbonyl (C=O) groups excluding carboxylic acids is 1. The third-order valence-corrected chi connectivity index (χ3v) is 5.40. The van der Waals surface area contributed by atoms with Crippen LogP contribution in [-0.2, 0) is 0 Å². The van der Waals surface area contributed by atoms with E-state index in [1.807, 2.05) is 24.0 Å². The average molecular weight is 312 g/mol. The Morgan fingerprint density at radius 2 is 1.95 bits per heavy atom. The molecular formula is C17H16N2O2S. The van der Waals surface area contributed by atoms with Crippen LogP contribution in [0.15, 0.2) is 29.1 Å². The van der Waals surface area contributed by atoms with Crippen molar-refractivity contribution >= 4 is 38.2 Å². The van der Waals surface area contributed by atoms with Crippen LogP contribution in [0.4, 0.5) is 0 Å². The lowest BCUT2D eigenvalue weighted by molar-refractivity contribution is 0.0797. The molecule has 0 aliphatic carbocycles. The highest BCUT2D eigenvalue weighted by atomic mass is 32.1. The van der Waals surface area contributed by atoms with Crippen LogP contribution < -0.4 is 5.56 Å². The van der Waals surface area contributed by atoms with Crippen molar-refractivity contribution in [2.75, 3.05) is 13.1 Å². The van der Waals surface area contributed by atoms with Gasteiger partial charge in [-0.05, 0) is 38.0 Å². The molecule has 4 rings (SSSR count). The maximum atomic E-state index is 12.6. The van der Waals surface area contributed by atoms with Crippen molar-refractivity contribution in [3.05, 3.63) is 45.1 Å². The summed E-state index contributed by atoms with van der Waals surface area (Å²) in [7, 11) is 0. The molecular weight excluding hydrogens is 296 g/mol. The Morgan fingerprint density at radius 1 is 1.18 bits per heavy atom. The van der Waals surface area contributed by atoms with Gasteiger partial charge < -0.3 is 9.88 Å². The molecule has 1 saturated heterocycles. The normalized spacial score (nSPS) is 15.0. The third-order valence-electron chi connectivity index (χ3n) is 4.25. The molecule has 1 fully saturated rings. The van der Waals surface area contributed by atoms with E-state index in [2.05, 4.69) is 11.1 Å². The number of hydrogen-bond donors (Lipinski definition) is 1. The number of nitrogens with one attached hydrogen (secondary N) is 1. The number of aromatic amines is 1. The first-order chi connectivity index (χ1) is 10.6. The van der Waals surface area contributed by atoms with Gasteiger partial charge in [0.1, 0.15) is 0 Å². The van der Waals surface area contributed by atoms with Crippen LogP contribution in [0.3, 0.4) is 0 Å². The minimum absolute atomic E-state index is 0.0545. The van der Waals surface area contributed by atoms with E-state index in [4.69, 9.17) is 0 Å². The van der Waals surface area contributed by atoms with Crippen molar-refractivity contribution < 1.29 is 4.79 Å². The maximum absolute atomic E-state index is 12.6. The van der Waals surface area contributed by atoms with Crippen molar-refractivity contribution in [1.29, 1.82) is 0 Å². The van der Waals surface area contributed by atoms with Crippen molar-refractivity contribution in [3.8, 4) is 0 Å². The highest BCUT2D eigenvalue weighted by molar-refractivity contribution is 7.21. The number of pyridine rings is 1. The maximum Gasteiger partial charge on any atom is 0.263 e. The summed E-state index contributed by atoms with van der Waals surface area (Å²) < 4.78 is 0.907.